The number of aromatic nitrogens is 2. The van der Waals surface area contributed by atoms with Crippen molar-refractivity contribution in [1.82, 2.24) is 9.78 Å². The molecule has 1 atom stereocenters. The number of nitrogens with zero attached hydrogens (tertiary/aromatic N) is 2. The highest BCUT2D eigenvalue weighted by molar-refractivity contribution is 5.96. The van der Waals surface area contributed by atoms with Crippen molar-refractivity contribution in [3.8, 4) is 0 Å². The third-order valence-electron chi connectivity index (χ3n) is 3.80. The van der Waals surface area contributed by atoms with Crippen molar-refractivity contribution in [2.75, 3.05) is 6.61 Å². The highest BCUT2D eigenvalue weighted by Crippen LogP contribution is 2.20. The van der Waals surface area contributed by atoms with E-state index in [4.69, 9.17) is 4.74 Å². The maximum absolute atomic E-state index is 11.8. The van der Waals surface area contributed by atoms with Crippen LogP contribution in [0.5, 0.6) is 0 Å². The van der Waals surface area contributed by atoms with Crippen LogP contribution in [0.4, 0.5) is 0 Å². The minimum Gasteiger partial charge on any atom is -0.376 e. The zero-order valence-corrected chi connectivity index (χ0v) is 12.2. The van der Waals surface area contributed by atoms with Crippen LogP contribution in [0.15, 0.2) is 0 Å². The fourth-order valence-electron chi connectivity index (χ4n) is 2.86. The van der Waals surface area contributed by atoms with E-state index in [9.17, 15) is 4.79 Å². The standard InChI is InChI=1S/C15H24N2O2/c1-4-13-15(11(3)18)14(5-2)17(16-13)10-12-8-6-7-9-19-12/h12H,4-10H2,1-3H3. The van der Waals surface area contributed by atoms with Crippen molar-refractivity contribution in [3.63, 3.8) is 0 Å². The summed E-state index contributed by atoms with van der Waals surface area (Å²) in [5, 5.41) is 4.63. The summed E-state index contributed by atoms with van der Waals surface area (Å²) in [6.45, 7) is 7.41. The van der Waals surface area contributed by atoms with E-state index in [1.165, 1.54) is 6.42 Å². The first-order valence-electron chi connectivity index (χ1n) is 7.38. The molecular formula is C15H24N2O2. The molecule has 4 nitrogen and oxygen atoms in total. The van der Waals surface area contributed by atoms with Crippen LogP contribution >= 0.6 is 0 Å². The van der Waals surface area contributed by atoms with Crippen molar-refractivity contribution < 1.29 is 9.53 Å². The molecule has 0 aliphatic carbocycles. The minimum atomic E-state index is 0.129. The fraction of sp³-hybridized carbons (Fsp3) is 0.733. The molecule has 0 aromatic carbocycles. The van der Waals surface area contributed by atoms with E-state index >= 15 is 0 Å². The van der Waals surface area contributed by atoms with Gasteiger partial charge in [-0.1, -0.05) is 13.8 Å². The molecule has 0 amide bonds. The van der Waals surface area contributed by atoms with Crippen LogP contribution in [0, 0.1) is 0 Å². The molecule has 0 radical (unpaired) electrons. The molecule has 19 heavy (non-hydrogen) atoms. The van der Waals surface area contributed by atoms with Gasteiger partial charge in [0, 0.05) is 12.3 Å². The van der Waals surface area contributed by atoms with Gasteiger partial charge >= 0.3 is 0 Å². The molecule has 1 fully saturated rings. The van der Waals surface area contributed by atoms with Crippen LogP contribution in [0.25, 0.3) is 0 Å². The molecule has 1 aromatic heterocycles. The smallest absolute Gasteiger partial charge is 0.163 e. The average Bonchev–Trinajstić information content (AvgIpc) is 2.77. The van der Waals surface area contributed by atoms with Gasteiger partial charge in [-0.3, -0.25) is 9.48 Å². The van der Waals surface area contributed by atoms with Gasteiger partial charge < -0.3 is 4.74 Å². The number of rotatable bonds is 5. The van der Waals surface area contributed by atoms with Gasteiger partial charge in [0.1, 0.15) is 0 Å². The molecule has 0 N–H and O–H groups in total. The number of hydrogen-bond acceptors (Lipinski definition) is 3. The van der Waals surface area contributed by atoms with E-state index in [0.29, 0.717) is 0 Å². The largest absolute Gasteiger partial charge is 0.376 e. The van der Waals surface area contributed by atoms with Crippen LogP contribution < -0.4 is 0 Å². The molecule has 1 aliphatic rings. The number of ketones is 1. The molecule has 0 bridgehead atoms. The van der Waals surface area contributed by atoms with Gasteiger partial charge in [-0.15, -0.1) is 0 Å². The summed E-state index contributed by atoms with van der Waals surface area (Å²) in [5.41, 5.74) is 2.83. The van der Waals surface area contributed by atoms with E-state index in [1.807, 2.05) is 4.68 Å². The van der Waals surface area contributed by atoms with Crippen LogP contribution in [-0.4, -0.2) is 28.3 Å². The summed E-state index contributed by atoms with van der Waals surface area (Å²) in [7, 11) is 0. The molecule has 0 spiro atoms. The second kappa shape index (κ2) is 6.33. The molecule has 1 aromatic rings. The Morgan fingerprint density at radius 2 is 2.16 bits per heavy atom. The first-order chi connectivity index (χ1) is 9.17. The molecule has 1 aliphatic heterocycles. The summed E-state index contributed by atoms with van der Waals surface area (Å²) in [6, 6.07) is 0. The van der Waals surface area contributed by atoms with Crippen molar-refractivity contribution in [2.45, 2.75) is 65.5 Å². The maximum atomic E-state index is 11.8. The SMILES string of the molecule is CCc1nn(CC2CCCCO2)c(CC)c1C(C)=O. The first-order valence-corrected chi connectivity index (χ1v) is 7.38. The Morgan fingerprint density at radius 3 is 2.68 bits per heavy atom. The first kappa shape index (κ1) is 14.3. The lowest BCUT2D eigenvalue weighted by atomic mass is 10.1. The third-order valence-corrected chi connectivity index (χ3v) is 3.80. The number of ether oxygens (including phenoxy) is 1. The van der Waals surface area contributed by atoms with Crippen molar-refractivity contribution in [1.29, 1.82) is 0 Å². The van der Waals surface area contributed by atoms with Crippen LogP contribution in [-0.2, 0) is 24.1 Å². The van der Waals surface area contributed by atoms with E-state index in [1.54, 1.807) is 6.92 Å². The van der Waals surface area contributed by atoms with Crippen molar-refractivity contribution in [2.24, 2.45) is 0 Å². The Labute approximate surface area is 115 Å². The summed E-state index contributed by atoms with van der Waals surface area (Å²) in [5.74, 6) is 0.129. The topological polar surface area (TPSA) is 44.1 Å². The molecule has 4 heteroatoms. The Hall–Kier alpha value is -1.16. The highest BCUT2D eigenvalue weighted by atomic mass is 16.5. The normalized spacial score (nSPS) is 19.6. The summed E-state index contributed by atoms with van der Waals surface area (Å²) < 4.78 is 7.78. The monoisotopic (exact) mass is 264 g/mol. The maximum Gasteiger partial charge on any atom is 0.163 e. The van der Waals surface area contributed by atoms with Crippen molar-refractivity contribution in [3.05, 3.63) is 17.0 Å². The van der Waals surface area contributed by atoms with Crippen LogP contribution in [0.3, 0.4) is 0 Å². The quantitative estimate of drug-likeness (QED) is 0.768. The predicted octanol–water partition coefficient (Wildman–Crippen LogP) is 2.78. The molecule has 1 unspecified atom stereocenters. The average molecular weight is 264 g/mol. The lowest BCUT2D eigenvalue weighted by Crippen LogP contribution is -2.26. The van der Waals surface area contributed by atoms with Crippen LogP contribution in [0.2, 0.25) is 0 Å². The fourth-order valence-corrected chi connectivity index (χ4v) is 2.86. The van der Waals surface area contributed by atoms with Gasteiger partial charge in [0.25, 0.3) is 0 Å². The second-order valence-corrected chi connectivity index (χ2v) is 5.20. The molecule has 0 saturated carbocycles. The number of aryl methyl sites for hydroxylation is 1. The number of Topliss-reactive ketones (excluding diaryl/α,β-unsaturated/α-hetero) is 1. The van der Waals surface area contributed by atoms with Gasteiger partial charge in [0.15, 0.2) is 5.78 Å². The van der Waals surface area contributed by atoms with Gasteiger partial charge in [0.05, 0.1) is 23.9 Å². The number of carbonyl (C=O) groups is 1. The Bertz CT molecular complexity index is 445. The zero-order valence-electron chi connectivity index (χ0n) is 12.2. The van der Waals surface area contributed by atoms with Gasteiger partial charge in [-0.2, -0.15) is 5.10 Å². The molecule has 2 rings (SSSR count). The van der Waals surface area contributed by atoms with Crippen LogP contribution in [0.1, 0.15) is 61.8 Å². The Balaban J connectivity index is 2.26. The van der Waals surface area contributed by atoms with E-state index in [0.717, 1.165) is 55.8 Å². The summed E-state index contributed by atoms with van der Waals surface area (Å²) in [6.07, 6.45) is 5.39. The van der Waals surface area contributed by atoms with E-state index in [-0.39, 0.29) is 11.9 Å². The number of carbonyl (C=O) groups excluding carboxylic acids is 1. The molecule has 106 valence electrons. The number of hydrogen-bond donors (Lipinski definition) is 0. The predicted molar refractivity (Wildman–Crippen MR) is 74.6 cm³/mol. The van der Waals surface area contributed by atoms with E-state index < -0.39 is 0 Å². The zero-order chi connectivity index (χ0) is 13.8. The summed E-state index contributed by atoms with van der Waals surface area (Å²) >= 11 is 0. The van der Waals surface area contributed by atoms with Gasteiger partial charge in [-0.05, 0) is 39.0 Å². The lowest BCUT2D eigenvalue weighted by molar-refractivity contribution is 0.00347. The minimum absolute atomic E-state index is 0.129. The highest BCUT2D eigenvalue weighted by Gasteiger charge is 2.22. The van der Waals surface area contributed by atoms with Gasteiger partial charge in [0.2, 0.25) is 0 Å². The second-order valence-electron chi connectivity index (χ2n) is 5.20. The molecule has 1 saturated heterocycles. The van der Waals surface area contributed by atoms with Gasteiger partial charge in [-0.25, -0.2) is 0 Å². The lowest BCUT2D eigenvalue weighted by Gasteiger charge is -2.23. The Morgan fingerprint density at radius 1 is 1.37 bits per heavy atom. The molecule has 2 heterocycles. The summed E-state index contributed by atoms with van der Waals surface area (Å²) in [4.78, 5) is 11.8. The third kappa shape index (κ3) is 3.06. The van der Waals surface area contributed by atoms with E-state index in [2.05, 4.69) is 18.9 Å². The molecular weight excluding hydrogens is 240 g/mol. The Kier molecular flexibility index (Phi) is 4.75. The van der Waals surface area contributed by atoms with Crippen molar-refractivity contribution >= 4 is 5.78 Å².